The van der Waals surface area contributed by atoms with Crippen LogP contribution >= 0.6 is 0 Å². The third-order valence-corrected chi connectivity index (χ3v) is 3.84. The van der Waals surface area contributed by atoms with Crippen molar-refractivity contribution in [2.75, 3.05) is 0 Å². The summed E-state index contributed by atoms with van der Waals surface area (Å²) in [7, 11) is 0. The van der Waals surface area contributed by atoms with Crippen molar-refractivity contribution in [3.63, 3.8) is 0 Å². The molecule has 0 radical (unpaired) electrons. The van der Waals surface area contributed by atoms with Gasteiger partial charge in [0.2, 0.25) is 0 Å². The van der Waals surface area contributed by atoms with Gasteiger partial charge in [-0.15, -0.1) is 0 Å². The maximum Gasteiger partial charge on any atom is 0.0462 e. The number of benzene rings is 1. The van der Waals surface area contributed by atoms with Crippen LogP contribution in [0.4, 0.5) is 0 Å². The topological polar surface area (TPSA) is 15.8 Å². The lowest BCUT2D eigenvalue weighted by Gasteiger charge is -2.16. The number of aromatic amines is 1. The Balaban J connectivity index is 2.03. The van der Waals surface area contributed by atoms with Crippen molar-refractivity contribution in [3.8, 4) is 11.3 Å². The number of aromatic nitrogens is 1. The monoisotopic (exact) mass is 249 g/mol. The van der Waals surface area contributed by atoms with E-state index >= 15 is 0 Å². The van der Waals surface area contributed by atoms with Gasteiger partial charge < -0.3 is 4.98 Å². The van der Waals surface area contributed by atoms with Crippen molar-refractivity contribution in [1.82, 2.24) is 4.98 Å². The number of nitrogens with one attached hydrogen (secondary N) is 1. The van der Waals surface area contributed by atoms with Gasteiger partial charge in [0.25, 0.3) is 0 Å². The van der Waals surface area contributed by atoms with E-state index in [1.807, 2.05) is 0 Å². The van der Waals surface area contributed by atoms with Crippen molar-refractivity contribution in [3.05, 3.63) is 65.9 Å². The summed E-state index contributed by atoms with van der Waals surface area (Å²) in [5, 5.41) is 0. The summed E-state index contributed by atoms with van der Waals surface area (Å²) >= 11 is 0. The van der Waals surface area contributed by atoms with E-state index in [0.29, 0.717) is 5.92 Å². The number of hydrogen-bond acceptors (Lipinski definition) is 0. The minimum Gasteiger partial charge on any atom is -0.358 e. The van der Waals surface area contributed by atoms with Crippen LogP contribution in [0, 0.1) is 12.8 Å². The molecule has 3 rings (SSSR count). The number of hydrogen-bond donors (Lipinski definition) is 1. The largest absolute Gasteiger partial charge is 0.358 e. The van der Waals surface area contributed by atoms with Gasteiger partial charge in [-0.2, -0.15) is 0 Å². The molecule has 19 heavy (non-hydrogen) atoms. The fourth-order valence-corrected chi connectivity index (χ4v) is 2.73. The Hall–Kier alpha value is -2.02. The van der Waals surface area contributed by atoms with Gasteiger partial charge in [-0.3, -0.25) is 0 Å². The molecule has 1 aliphatic carbocycles. The molecule has 1 aromatic carbocycles. The summed E-state index contributed by atoms with van der Waals surface area (Å²) in [5.74, 6) is 0.600. The Kier molecular flexibility index (Phi) is 3.12. The van der Waals surface area contributed by atoms with Crippen LogP contribution in [0.5, 0.6) is 0 Å². The van der Waals surface area contributed by atoms with Gasteiger partial charge in [0, 0.05) is 11.4 Å². The van der Waals surface area contributed by atoms with E-state index in [2.05, 4.69) is 73.5 Å². The van der Waals surface area contributed by atoms with Crippen molar-refractivity contribution >= 4 is 5.57 Å². The quantitative estimate of drug-likeness (QED) is 0.773. The van der Waals surface area contributed by atoms with Gasteiger partial charge in [0.05, 0.1) is 0 Å². The molecule has 0 saturated carbocycles. The van der Waals surface area contributed by atoms with Gasteiger partial charge >= 0.3 is 0 Å². The summed E-state index contributed by atoms with van der Waals surface area (Å²) in [4.78, 5) is 3.51. The van der Waals surface area contributed by atoms with Gasteiger partial charge in [0.15, 0.2) is 0 Å². The van der Waals surface area contributed by atoms with Crippen molar-refractivity contribution in [2.24, 2.45) is 5.92 Å². The zero-order valence-corrected chi connectivity index (χ0v) is 11.5. The molecular formula is C18H19N. The first-order chi connectivity index (χ1) is 9.25. The van der Waals surface area contributed by atoms with Crippen molar-refractivity contribution in [1.29, 1.82) is 0 Å². The molecular weight excluding hydrogens is 230 g/mol. The van der Waals surface area contributed by atoms with Crippen LogP contribution < -0.4 is 0 Å². The van der Waals surface area contributed by atoms with Crippen LogP contribution in [0.3, 0.4) is 0 Å². The van der Waals surface area contributed by atoms with Gasteiger partial charge in [0.1, 0.15) is 0 Å². The molecule has 1 aliphatic rings. The van der Waals surface area contributed by atoms with Crippen molar-refractivity contribution in [2.45, 2.75) is 20.3 Å². The van der Waals surface area contributed by atoms with Crippen LogP contribution in [-0.2, 0) is 0 Å². The first-order valence-electron chi connectivity index (χ1n) is 6.88. The Morgan fingerprint density at radius 1 is 1.16 bits per heavy atom. The fraction of sp³-hybridized carbons (Fsp3) is 0.222. The fourth-order valence-electron chi connectivity index (χ4n) is 2.73. The zero-order chi connectivity index (χ0) is 13.2. The molecule has 1 N–H and O–H groups in total. The van der Waals surface area contributed by atoms with E-state index in [9.17, 15) is 0 Å². The molecule has 96 valence electrons. The van der Waals surface area contributed by atoms with E-state index in [1.54, 1.807) is 0 Å². The third kappa shape index (κ3) is 2.28. The van der Waals surface area contributed by atoms with E-state index in [0.717, 1.165) is 6.42 Å². The number of aryl methyl sites for hydroxylation is 1. The maximum absolute atomic E-state index is 3.51. The Morgan fingerprint density at radius 2 is 1.95 bits per heavy atom. The minimum absolute atomic E-state index is 0.600. The van der Waals surface area contributed by atoms with E-state index < -0.39 is 0 Å². The van der Waals surface area contributed by atoms with Crippen LogP contribution in [-0.4, -0.2) is 4.98 Å². The summed E-state index contributed by atoms with van der Waals surface area (Å²) in [6.07, 6.45) is 7.80. The third-order valence-electron chi connectivity index (χ3n) is 3.84. The Bertz CT molecular complexity index is 629. The molecule has 1 aromatic heterocycles. The number of rotatable bonds is 2. The average molecular weight is 249 g/mol. The lowest BCUT2D eigenvalue weighted by atomic mass is 9.88. The zero-order valence-electron chi connectivity index (χ0n) is 11.5. The van der Waals surface area contributed by atoms with Crippen LogP contribution in [0.25, 0.3) is 16.8 Å². The molecule has 0 saturated heterocycles. The lowest BCUT2D eigenvalue weighted by Crippen LogP contribution is -2.00. The molecule has 0 amide bonds. The predicted octanol–water partition coefficient (Wildman–Crippen LogP) is 4.97. The highest BCUT2D eigenvalue weighted by molar-refractivity contribution is 5.76. The molecule has 0 spiro atoms. The first-order valence-corrected chi connectivity index (χ1v) is 6.88. The predicted molar refractivity (Wildman–Crippen MR) is 81.9 cm³/mol. The Morgan fingerprint density at radius 3 is 2.68 bits per heavy atom. The highest BCUT2D eigenvalue weighted by atomic mass is 14.7. The number of allylic oxidation sites excluding steroid dienone is 4. The van der Waals surface area contributed by atoms with Crippen LogP contribution in [0.1, 0.15) is 24.6 Å². The average Bonchev–Trinajstić information content (AvgIpc) is 2.82. The van der Waals surface area contributed by atoms with Gasteiger partial charge in [-0.1, -0.05) is 55.5 Å². The van der Waals surface area contributed by atoms with Gasteiger partial charge in [-0.05, 0) is 42.0 Å². The maximum atomic E-state index is 3.51. The van der Waals surface area contributed by atoms with Crippen molar-refractivity contribution < 1.29 is 0 Å². The minimum atomic E-state index is 0.600. The first kappa shape index (κ1) is 12.0. The number of H-pyrrole nitrogens is 1. The molecule has 0 aliphatic heterocycles. The molecule has 1 heterocycles. The standard InChI is InChI=1S/C18H19N/c1-13-8-6-7-11-16(13)17-12-18(19-14(17)2)15-9-4-3-5-10-15/h3-7,9-13,19H,8H2,1-2H3. The van der Waals surface area contributed by atoms with Crippen LogP contribution in [0.2, 0.25) is 0 Å². The molecule has 1 heteroatoms. The summed E-state index contributed by atoms with van der Waals surface area (Å²) in [5.41, 5.74) is 6.51. The second-order valence-corrected chi connectivity index (χ2v) is 5.27. The van der Waals surface area contributed by atoms with Gasteiger partial charge in [-0.25, -0.2) is 0 Å². The lowest BCUT2D eigenvalue weighted by molar-refractivity contribution is 0.758. The molecule has 1 unspecified atom stereocenters. The SMILES string of the molecule is Cc1[nH]c(-c2ccccc2)cc1C1=CC=CCC1C. The highest BCUT2D eigenvalue weighted by Gasteiger charge is 2.16. The summed E-state index contributed by atoms with van der Waals surface area (Å²) in [6, 6.07) is 12.8. The van der Waals surface area contributed by atoms with Crippen LogP contribution in [0.15, 0.2) is 54.6 Å². The molecule has 0 fully saturated rings. The second kappa shape index (κ2) is 4.93. The molecule has 2 aromatic rings. The summed E-state index contributed by atoms with van der Waals surface area (Å²) < 4.78 is 0. The molecule has 0 bridgehead atoms. The molecule has 1 nitrogen and oxygen atoms in total. The highest BCUT2D eigenvalue weighted by Crippen LogP contribution is 2.33. The second-order valence-electron chi connectivity index (χ2n) is 5.27. The van der Waals surface area contributed by atoms with E-state index in [4.69, 9.17) is 0 Å². The Labute approximate surface area is 114 Å². The summed E-state index contributed by atoms with van der Waals surface area (Å²) in [6.45, 7) is 4.46. The van der Waals surface area contributed by atoms with E-state index in [-0.39, 0.29) is 0 Å². The smallest absolute Gasteiger partial charge is 0.0462 e. The van der Waals surface area contributed by atoms with E-state index in [1.165, 1.54) is 28.1 Å². The molecule has 1 atom stereocenters. The normalized spacial score (nSPS) is 18.4.